The lowest BCUT2D eigenvalue weighted by atomic mass is 9.85. The lowest BCUT2D eigenvalue weighted by Crippen LogP contribution is -2.45. The largest absolute Gasteiger partial charge is 0.410 e. The first-order valence-corrected chi connectivity index (χ1v) is 11.4. The average molecular weight is 380 g/mol. The molecule has 106 valence electrons. The second-order valence-electron chi connectivity index (χ2n) is 7.06. The monoisotopic (exact) mass is 380 g/mol. The van der Waals surface area contributed by atoms with Crippen LogP contribution in [0.1, 0.15) is 52.9 Å². The third kappa shape index (κ3) is 4.64. The van der Waals surface area contributed by atoms with Gasteiger partial charge in [-0.25, -0.2) is 0 Å². The molecule has 1 saturated carbocycles. The molecule has 1 nitrogen and oxygen atoms in total. The first-order chi connectivity index (χ1) is 8.28. The average Bonchev–Trinajstić information content (AvgIpc) is 2.28. The summed E-state index contributed by atoms with van der Waals surface area (Å²) >= 11 is 2.33. The maximum absolute atomic E-state index is 6.63. The van der Waals surface area contributed by atoms with Crippen LogP contribution in [0.3, 0.4) is 0 Å². The fourth-order valence-electron chi connectivity index (χ4n) is 2.34. The van der Waals surface area contributed by atoms with Crippen molar-refractivity contribution >= 4 is 30.9 Å². The molecular formula is C15H29IOSi. The third-order valence-corrected chi connectivity index (χ3v) is 9.50. The van der Waals surface area contributed by atoms with Gasteiger partial charge in [-0.05, 0) is 41.0 Å². The van der Waals surface area contributed by atoms with Crippen LogP contribution in [0, 0.1) is 5.92 Å². The van der Waals surface area contributed by atoms with Gasteiger partial charge in [0.25, 0.3) is 0 Å². The summed E-state index contributed by atoms with van der Waals surface area (Å²) in [6, 6.07) is 0. The summed E-state index contributed by atoms with van der Waals surface area (Å²) in [4.78, 5) is 0. The zero-order chi connectivity index (χ0) is 13.8. The van der Waals surface area contributed by atoms with Gasteiger partial charge in [-0.2, -0.15) is 0 Å². The molecule has 0 aromatic heterocycles. The van der Waals surface area contributed by atoms with E-state index in [-0.39, 0.29) is 0 Å². The van der Waals surface area contributed by atoms with E-state index < -0.39 is 8.32 Å². The molecule has 0 unspecified atom stereocenters. The van der Waals surface area contributed by atoms with Crippen LogP contribution in [-0.4, -0.2) is 14.4 Å². The summed E-state index contributed by atoms with van der Waals surface area (Å²) in [5.41, 5.74) is 0. The molecule has 1 aliphatic carbocycles. The number of hydrogen-bond acceptors (Lipinski definition) is 1. The first-order valence-electron chi connectivity index (χ1n) is 7.22. The first kappa shape index (κ1) is 16.7. The van der Waals surface area contributed by atoms with Crippen LogP contribution >= 0.6 is 22.6 Å². The molecule has 3 heteroatoms. The van der Waals surface area contributed by atoms with Crippen molar-refractivity contribution in [2.45, 2.75) is 77.1 Å². The van der Waals surface area contributed by atoms with E-state index in [1.54, 1.807) is 0 Å². The van der Waals surface area contributed by atoms with Crippen LogP contribution < -0.4 is 0 Å². The molecule has 0 bridgehead atoms. The van der Waals surface area contributed by atoms with Gasteiger partial charge in [0.2, 0.25) is 0 Å². The Bertz CT molecular complexity index is 275. The molecule has 0 radical (unpaired) electrons. The highest BCUT2D eigenvalue weighted by molar-refractivity contribution is 14.1. The zero-order valence-electron chi connectivity index (χ0n) is 12.6. The standard InChI is InChI=1S/C15H29IOSi/c1-15(2,3)18(4,5)17-14(11-12-16)13-9-7-6-8-10-13/h11-14H,6-10H2,1-5H3/t14-/m0/s1. The quantitative estimate of drug-likeness (QED) is 0.435. The summed E-state index contributed by atoms with van der Waals surface area (Å²) in [6.45, 7) is 11.7. The molecule has 0 spiro atoms. The van der Waals surface area contributed by atoms with Gasteiger partial charge in [0.05, 0.1) is 6.10 Å². The number of hydrogen-bond donors (Lipinski definition) is 0. The Labute approximate surface area is 128 Å². The van der Waals surface area contributed by atoms with E-state index in [1.807, 2.05) is 0 Å². The second-order valence-corrected chi connectivity index (χ2v) is 12.5. The van der Waals surface area contributed by atoms with E-state index >= 15 is 0 Å². The van der Waals surface area contributed by atoms with Gasteiger partial charge < -0.3 is 4.43 Å². The predicted molar refractivity (Wildman–Crippen MR) is 91.8 cm³/mol. The van der Waals surface area contributed by atoms with Crippen molar-refractivity contribution in [1.29, 1.82) is 0 Å². The minimum atomic E-state index is -1.64. The summed E-state index contributed by atoms with van der Waals surface area (Å²) in [5.74, 6) is 0.749. The lowest BCUT2D eigenvalue weighted by Gasteiger charge is -2.41. The van der Waals surface area contributed by atoms with Crippen LogP contribution in [0.4, 0.5) is 0 Å². The van der Waals surface area contributed by atoms with Crippen molar-refractivity contribution < 1.29 is 4.43 Å². The maximum Gasteiger partial charge on any atom is 0.192 e. The van der Waals surface area contributed by atoms with E-state index in [9.17, 15) is 0 Å². The van der Waals surface area contributed by atoms with Gasteiger partial charge in [0.15, 0.2) is 8.32 Å². The van der Waals surface area contributed by atoms with Crippen molar-refractivity contribution in [2.75, 3.05) is 0 Å². The van der Waals surface area contributed by atoms with E-state index in [1.165, 1.54) is 32.1 Å². The van der Waals surface area contributed by atoms with E-state index in [0.29, 0.717) is 11.1 Å². The molecule has 0 aliphatic heterocycles. The smallest absolute Gasteiger partial charge is 0.192 e. The second kappa shape index (κ2) is 6.89. The highest BCUT2D eigenvalue weighted by atomic mass is 127. The molecule has 0 amide bonds. The van der Waals surface area contributed by atoms with Crippen molar-refractivity contribution in [1.82, 2.24) is 0 Å². The Morgan fingerprint density at radius 3 is 2.17 bits per heavy atom. The third-order valence-electron chi connectivity index (χ3n) is 4.61. The fourth-order valence-corrected chi connectivity index (χ4v) is 4.06. The van der Waals surface area contributed by atoms with Gasteiger partial charge in [0.1, 0.15) is 0 Å². The molecule has 1 fully saturated rings. The summed E-state index contributed by atoms with van der Waals surface area (Å²) in [5, 5.41) is 0.305. The van der Waals surface area contributed by atoms with Crippen molar-refractivity contribution in [3.8, 4) is 0 Å². The van der Waals surface area contributed by atoms with Crippen LogP contribution in [0.5, 0.6) is 0 Å². The Morgan fingerprint density at radius 2 is 1.72 bits per heavy atom. The molecule has 1 rings (SSSR count). The molecule has 0 aromatic carbocycles. The van der Waals surface area contributed by atoms with Gasteiger partial charge in [-0.15, -0.1) is 0 Å². The van der Waals surface area contributed by atoms with Gasteiger partial charge in [0, 0.05) is 0 Å². The van der Waals surface area contributed by atoms with Crippen molar-refractivity contribution in [2.24, 2.45) is 5.92 Å². The highest BCUT2D eigenvalue weighted by Crippen LogP contribution is 2.40. The number of rotatable bonds is 4. The van der Waals surface area contributed by atoms with E-state index in [4.69, 9.17) is 4.43 Å². The van der Waals surface area contributed by atoms with Crippen molar-refractivity contribution in [3.05, 3.63) is 10.2 Å². The van der Waals surface area contributed by atoms with Crippen LogP contribution in [-0.2, 0) is 4.43 Å². The van der Waals surface area contributed by atoms with Gasteiger partial charge in [-0.3, -0.25) is 0 Å². The summed E-state index contributed by atoms with van der Waals surface area (Å²) < 4.78 is 8.77. The SMILES string of the molecule is CC(C)(C)[Si](C)(C)O[C@@H](C=CI)C1CCCCC1. The maximum atomic E-state index is 6.63. The van der Waals surface area contributed by atoms with Crippen LogP contribution in [0.2, 0.25) is 18.1 Å². The van der Waals surface area contributed by atoms with E-state index in [2.05, 4.69) is 66.6 Å². The molecule has 0 heterocycles. The topological polar surface area (TPSA) is 9.23 Å². The number of halogens is 1. The zero-order valence-corrected chi connectivity index (χ0v) is 15.8. The molecule has 0 N–H and O–H groups in total. The molecule has 0 aromatic rings. The van der Waals surface area contributed by atoms with Gasteiger partial charge >= 0.3 is 0 Å². The molecule has 1 aliphatic rings. The Kier molecular flexibility index (Phi) is 6.39. The molecule has 0 saturated heterocycles. The fraction of sp³-hybridized carbons (Fsp3) is 0.867. The van der Waals surface area contributed by atoms with Crippen LogP contribution in [0.25, 0.3) is 0 Å². The molecule has 18 heavy (non-hydrogen) atoms. The van der Waals surface area contributed by atoms with Crippen molar-refractivity contribution in [3.63, 3.8) is 0 Å². The minimum Gasteiger partial charge on any atom is -0.410 e. The molecular weight excluding hydrogens is 351 g/mol. The normalized spacial score (nSPS) is 21.4. The Hall–Kier alpha value is 0.647. The summed E-state index contributed by atoms with van der Waals surface area (Å²) in [6.07, 6.45) is 9.52. The Balaban J connectivity index is 2.73. The Morgan fingerprint density at radius 1 is 1.17 bits per heavy atom. The van der Waals surface area contributed by atoms with Crippen LogP contribution in [0.15, 0.2) is 10.2 Å². The highest BCUT2D eigenvalue weighted by Gasteiger charge is 2.40. The van der Waals surface area contributed by atoms with E-state index in [0.717, 1.165) is 5.92 Å². The predicted octanol–water partition coefficient (Wildman–Crippen LogP) is 5.91. The molecule has 1 atom stereocenters. The lowest BCUT2D eigenvalue weighted by molar-refractivity contribution is 0.132. The van der Waals surface area contributed by atoms with Gasteiger partial charge in [-0.1, -0.05) is 68.7 Å². The summed E-state index contributed by atoms with van der Waals surface area (Å²) in [7, 11) is -1.64. The minimum absolute atomic E-state index is 0.305.